The first-order valence-electron chi connectivity index (χ1n) is 8.54. The zero-order valence-electron chi connectivity index (χ0n) is 15.0. The number of nitrogens with zero attached hydrogens (tertiary/aromatic N) is 2. The number of aliphatic hydroxyl groups excluding tert-OH is 1. The summed E-state index contributed by atoms with van der Waals surface area (Å²) in [6.07, 6.45) is 6.51. The summed E-state index contributed by atoms with van der Waals surface area (Å²) in [7, 11) is 3.24. The van der Waals surface area contributed by atoms with E-state index in [0.717, 1.165) is 23.6 Å². The van der Waals surface area contributed by atoms with Gasteiger partial charge in [-0.05, 0) is 24.1 Å². The van der Waals surface area contributed by atoms with Crippen molar-refractivity contribution in [3.63, 3.8) is 0 Å². The van der Waals surface area contributed by atoms with Gasteiger partial charge in [-0.3, -0.25) is 0 Å². The molecule has 0 saturated heterocycles. The molecule has 138 valence electrons. The molecule has 1 heterocycles. The lowest BCUT2D eigenvalue weighted by Gasteiger charge is -2.14. The highest BCUT2D eigenvalue weighted by atomic mass is 16.5. The molecule has 0 fully saturated rings. The van der Waals surface area contributed by atoms with E-state index in [9.17, 15) is 5.11 Å². The second kappa shape index (κ2) is 8.53. The van der Waals surface area contributed by atoms with Crippen molar-refractivity contribution in [2.24, 2.45) is 5.92 Å². The van der Waals surface area contributed by atoms with Crippen molar-refractivity contribution in [1.29, 1.82) is 0 Å². The average Bonchev–Trinajstić information content (AvgIpc) is 3.14. The Morgan fingerprint density at radius 3 is 2.62 bits per heavy atom. The normalized spacial score (nSPS) is 18.6. The largest absolute Gasteiger partial charge is 0.493 e. The van der Waals surface area contributed by atoms with Crippen molar-refractivity contribution in [2.75, 3.05) is 31.5 Å². The van der Waals surface area contributed by atoms with Gasteiger partial charge in [0.2, 0.25) is 0 Å². The van der Waals surface area contributed by atoms with Crippen LogP contribution >= 0.6 is 0 Å². The van der Waals surface area contributed by atoms with Crippen LogP contribution in [-0.4, -0.2) is 41.9 Å². The molecule has 7 nitrogen and oxygen atoms in total. The van der Waals surface area contributed by atoms with Gasteiger partial charge in [0.05, 0.1) is 14.2 Å². The molecule has 1 aliphatic rings. The Morgan fingerprint density at radius 2 is 1.88 bits per heavy atom. The van der Waals surface area contributed by atoms with Gasteiger partial charge in [0.25, 0.3) is 0 Å². The molecule has 0 spiro atoms. The smallest absolute Gasteiger partial charge is 0.161 e. The lowest BCUT2D eigenvalue weighted by atomic mass is 10.1. The van der Waals surface area contributed by atoms with Gasteiger partial charge in [0.1, 0.15) is 18.0 Å². The fourth-order valence-corrected chi connectivity index (χ4v) is 2.92. The fourth-order valence-electron chi connectivity index (χ4n) is 2.92. The molecule has 0 amide bonds. The predicted molar refractivity (Wildman–Crippen MR) is 101 cm³/mol. The minimum atomic E-state index is 0.177. The first kappa shape index (κ1) is 18.0. The summed E-state index contributed by atoms with van der Waals surface area (Å²) in [5.41, 5.74) is 1.06. The summed E-state index contributed by atoms with van der Waals surface area (Å²) >= 11 is 0. The Bertz CT molecular complexity index is 766. The summed E-state index contributed by atoms with van der Waals surface area (Å²) in [4.78, 5) is 8.52. The highest BCUT2D eigenvalue weighted by Crippen LogP contribution is 2.28. The van der Waals surface area contributed by atoms with Crippen LogP contribution in [0.4, 0.5) is 11.6 Å². The zero-order chi connectivity index (χ0) is 18.4. The molecule has 1 aromatic carbocycles. The molecule has 0 radical (unpaired) electrons. The number of aromatic nitrogens is 2. The number of aliphatic hydroxyl groups is 1. The van der Waals surface area contributed by atoms with Gasteiger partial charge in [-0.15, -0.1) is 0 Å². The van der Waals surface area contributed by atoms with Crippen LogP contribution in [0.25, 0.3) is 0 Å². The monoisotopic (exact) mass is 356 g/mol. The van der Waals surface area contributed by atoms with Gasteiger partial charge in [-0.1, -0.05) is 18.2 Å². The molecule has 1 aliphatic carbocycles. The van der Waals surface area contributed by atoms with Crippen LogP contribution in [0.2, 0.25) is 0 Å². The molecule has 7 heteroatoms. The lowest BCUT2D eigenvalue weighted by Crippen LogP contribution is -2.17. The quantitative estimate of drug-likeness (QED) is 0.626. The van der Waals surface area contributed by atoms with Crippen molar-refractivity contribution in [2.45, 2.75) is 19.0 Å². The van der Waals surface area contributed by atoms with Gasteiger partial charge < -0.3 is 25.2 Å². The van der Waals surface area contributed by atoms with Crippen molar-refractivity contribution < 1.29 is 14.6 Å². The molecule has 2 aromatic rings. The van der Waals surface area contributed by atoms with E-state index in [4.69, 9.17) is 9.47 Å². The third kappa shape index (κ3) is 4.43. The minimum Gasteiger partial charge on any atom is -0.493 e. The third-order valence-electron chi connectivity index (χ3n) is 4.33. The first-order chi connectivity index (χ1) is 12.7. The van der Waals surface area contributed by atoms with E-state index in [1.54, 1.807) is 14.2 Å². The average molecular weight is 356 g/mol. The number of hydrogen-bond acceptors (Lipinski definition) is 7. The van der Waals surface area contributed by atoms with E-state index in [1.807, 2.05) is 30.3 Å². The van der Waals surface area contributed by atoms with Crippen LogP contribution in [0.1, 0.15) is 12.0 Å². The van der Waals surface area contributed by atoms with E-state index < -0.39 is 0 Å². The predicted octanol–water partition coefficient (Wildman–Crippen LogP) is 2.45. The van der Waals surface area contributed by atoms with Gasteiger partial charge >= 0.3 is 0 Å². The Labute approximate surface area is 153 Å². The van der Waals surface area contributed by atoms with Crippen LogP contribution in [0.3, 0.4) is 0 Å². The van der Waals surface area contributed by atoms with Gasteiger partial charge in [-0.2, -0.15) is 0 Å². The lowest BCUT2D eigenvalue weighted by molar-refractivity contribution is 0.250. The molecule has 0 aliphatic heterocycles. The minimum absolute atomic E-state index is 0.177. The Hall–Kier alpha value is -2.80. The Morgan fingerprint density at radius 1 is 1.08 bits per heavy atom. The Balaban J connectivity index is 1.60. The standard InChI is InChI=1S/C19H24N4O3/c1-25-16-6-4-13(8-17(16)26-2)10-20-18-9-19(22-12-21-18)23-15-5-3-14(7-15)11-24/h3-6,8-9,12,14-15,24H,7,10-11H2,1-2H3,(H2,20,21,22,23)/t14-,15+/m0/s1. The topological polar surface area (TPSA) is 88.5 Å². The van der Waals surface area contributed by atoms with Crippen molar-refractivity contribution in [3.8, 4) is 11.5 Å². The molecule has 0 bridgehead atoms. The number of ether oxygens (including phenoxy) is 2. The van der Waals surface area contributed by atoms with Crippen molar-refractivity contribution >= 4 is 11.6 Å². The maximum atomic E-state index is 9.21. The number of rotatable bonds is 8. The number of anilines is 2. The van der Waals surface area contributed by atoms with Crippen LogP contribution < -0.4 is 20.1 Å². The number of benzene rings is 1. The second-order valence-corrected chi connectivity index (χ2v) is 6.15. The molecule has 1 aromatic heterocycles. The van der Waals surface area contributed by atoms with Gasteiger partial charge in [0, 0.05) is 31.2 Å². The summed E-state index contributed by atoms with van der Waals surface area (Å²) in [5.74, 6) is 3.11. The SMILES string of the molecule is COc1ccc(CNc2cc(N[C@@H]3C=C[C@H](CO)C3)ncn2)cc1OC. The Kier molecular flexibility index (Phi) is 5.91. The summed E-state index contributed by atoms with van der Waals surface area (Å²) in [6, 6.07) is 7.85. The van der Waals surface area contributed by atoms with E-state index in [-0.39, 0.29) is 18.6 Å². The van der Waals surface area contributed by atoms with Crippen molar-refractivity contribution in [1.82, 2.24) is 9.97 Å². The number of methoxy groups -OCH3 is 2. The van der Waals surface area contributed by atoms with Gasteiger partial charge in [0.15, 0.2) is 11.5 Å². The molecule has 0 saturated carbocycles. The van der Waals surface area contributed by atoms with E-state index >= 15 is 0 Å². The maximum Gasteiger partial charge on any atom is 0.161 e. The first-order valence-corrected chi connectivity index (χ1v) is 8.54. The zero-order valence-corrected chi connectivity index (χ0v) is 15.0. The van der Waals surface area contributed by atoms with Crippen LogP contribution in [0, 0.1) is 5.92 Å². The molecule has 3 rings (SSSR count). The second-order valence-electron chi connectivity index (χ2n) is 6.15. The van der Waals surface area contributed by atoms with Gasteiger partial charge in [-0.25, -0.2) is 9.97 Å². The highest BCUT2D eigenvalue weighted by molar-refractivity contribution is 5.49. The van der Waals surface area contributed by atoms with E-state index in [2.05, 4.69) is 26.7 Å². The molecular formula is C19H24N4O3. The molecule has 3 N–H and O–H groups in total. The molecule has 26 heavy (non-hydrogen) atoms. The summed E-state index contributed by atoms with van der Waals surface area (Å²) in [6.45, 7) is 0.781. The molecule has 2 atom stereocenters. The highest BCUT2D eigenvalue weighted by Gasteiger charge is 2.18. The third-order valence-corrected chi connectivity index (χ3v) is 4.33. The van der Waals surface area contributed by atoms with E-state index in [0.29, 0.717) is 18.0 Å². The summed E-state index contributed by atoms with van der Waals surface area (Å²) in [5, 5.41) is 15.9. The van der Waals surface area contributed by atoms with Crippen LogP contribution in [0.15, 0.2) is 42.7 Å². The van der Waals surface area contributed by atoms with Crippen molar-refractivity contribution in [3.05, 3.63) is 48.3 Å². The molecule has 0 unspecified atom stereocenters. The van der Waals surface area contributed by atoms with Crippen LogP contribution in [0.5, 0.6) is 11.5 Å². The maximum absolute atomic E-state index is 9.21. The van der Waals surface area contributed by atoms with E-state index in [1.165, 1.54) is 6.33 Å². The summed E-state index contributed by atoms with van der Waals surface area (Å²) < 4.78 is 10.6. The number of hydrogen-bond donors (Lipinski definition) is 3. The van der Waals surface area contributed by atoms with Crippen LogP contribution in [-0.2, 0) is 6.54 Å². The number of nitrogens with one attached hydrogen (secondary N) is 2. The fraction of sp³-hybridized carbons (Fsp3) is 0.368. The molecular weight excluding hydrogens is 332 g/mol.